The fraction of sp³-hybridized carbons (Fsp3) is 0.227. The Bertz CT molecular complexity index is 1520. The Balaban J connectivity index is 1.14. The summed E-state index contributed by atoms with van der Waals surface area (Å²) < 4.78 is 19.5. The molecule has 1 amide bonds. The molecule has 33 heavy (non-hydrogen) atoms. The number of hydrogen-bond acceptors (Lipinski definition) is 5. The summed E-state index contributed by atoms with van der Waals surface area (Å²) in [4.78, 5) is 25.5. The number of carbonyl (C=O) groups excluding carboxylic acids is 1. The highest BCUT2D eigenvalue weighted by atomic mass is 35.5. The molecule has 0 radical (unpaired) electrons. The zero-order valence-corrected chi connectivity index (χ0v) is 18.1. The van der Waals surface area contributed by atoms with Gasteiger partial charge in [0, 0.05) is 18.3 Å². The first-order valence-corrected chi connectivity index (χ1v) is 10.9. The van der Waals surface area contributed by atoms with Crippen LogP contribution >= 0.6 is 11.6 Å². The minimum atomic E-state index is -0.573. The molecule has 0 bridgehead atoms. The van der Waals surface area contributed by atoms with E-state index in [2.05, 4.69) is 25.4 Å². The maximum Gasteiger partial charge on any atom is 0.271 e. The molecule has 0 aromatic carbocycles. The van der Waals surface area contributed by atoms with E-state index in [1.807, 2.05) is 18.3 Å². The van der Waals surface area contributed by atoms with Crippen molar-refractivity contribution in [1.82, 2.24) is 38.9 Å². The number of aromatic nitrogens is 7. The lowest BCUT2D eigenvalue weighted by Crippen LogP contribution is -2.23. The molecule has 5 aromatic rings. The van der Waals surface area contributed by atoms with E-state index in [9.17, 15) is 9.18 Å². The minimum Gasteiger partial charge on any atom is -0.345 e. The Hall–Kier alpha value is -3.79. The second-order valence-electron chi connectivity index (χ2n) is 8.11. The van der Waals surface area contributed by atoms with Crippen LogP contribution in [0.5, 0.6) is 0 Å². The molecule has 1 aliphatic rings. The van der Waals surface area contributed by atoms with Gasteiger partial charge in [0.2, 0.25) is 0 Å². The lowest BCUT2D eigenvalue weighted by atomic mass is 10.3. The van der Waals surface area contributed by atoms with Gasteiger partial charge in [0.1, 0.15) is 11.2 Å². The molecule has 166 valence electrons. The third kappa shape index (κ3) is 3.72. The molecule has 5 aromatic heterocycles. The minimum absolute atomic E-state index is 0.000211. The molecular formula is C22H18ClFN8O. The van der Waals surface area contributed by atoms with Crippen molar-refractivity contribution in [1.29, 1.82) is 0 Å². The van der Waals surface area contributed by atoms with E-state index in [1.54, 1.807) is 27.8 Å². The molecule has 1 saturated carbocycles. The number of nitrogens with zero attached hydrogens (tertiary/aromatic N) is 7. The van der Waals surface area contributed by atoms with Gasteiger partial charge in [-0.15, -0.1) is 0 Å². The maximum absolute atomic E-state index is 14.4. The predicted molar refractivity (Wildman–Crippen MR) is 118 cm³/mol. The average Bonchev–Trinajstić information content (AvgIpc) is 3.23. The van der Waals surface area contributed by atoms with Crippen LogP contribution in [0.1, 0.15) is 46.3 Å². The molecule has 1 aliphatic carbocycles. The van der Waals surface area contributed by atoms with Gasteiger partial charge in [-0.1, -0.05) is 11.6 Å². The standard InChI is InChI=1S/C22H18ClFN8O/c23-15-5-6-31-12-27-17(21(31)20(15)24)7-25-22(33)18-10-30(11-26-18)8-14-9-32-19(28-14)4-3-16(29-32)13-1-2-13/h3-6,9-13H,1-2,7-8H2,(H,25,33). The number of carbonyl (C=O) groups is 1. The Kier molecular flexibility index (Phi) is 4.61. The smallest absolute Gasteiger partial charge is 0.271 e. The highest BCUT2D eigenvalue weighted by Gasteiger charge is 2.25. The van der Waals surface area contributed by atoms with Crippen LogP contribution in [0, 0.1) is 5.82 Å². The lowest BCUT2D eigenvalue weighted by molar-refractivity contribution is 0.0946. The van der Waals surface area contributed by atoms with Crippen LogP contribution in [0.3, 0.4) is 0 Å². The third-order valence-corrected chi connectivity index (χ3v) is 5.97. The van der Waals surface area contributed by atoms with Crippen LogP contribution < -0.4 is 5.32 Å². The van der Waals surface area contributed by atoms with E-state index in [0.29, 0.717) is 18.2 Å². The topological polar surface area (TPSA) is 94.4 Å². The summed E-state index contributed by atoms with van der Waals surface area (Å²) in [6.45, 7) is 0.499. The number of fused-ring (bicyclic) bond motifs is 2. The largest absolute Gasteiger partial charge is 0.345 e. The van der Waals surface area contributed by atoms with Crippen molar-refractivity contribution in [2.75, 3.05) is 0 Å². The molecule has 0 unspecified atom stereocenters. The van der Waals surface area contributed by atoms with Crippen molar-refractivity contribution in [3.63, 3.8) is 0 Å². The number of imidazole rings is 3. The number of nitrogens with one attached hydrogen (secondary N) is 1. The van der Waals surface area contributed by atoms with Crippen molar-refractivity contribution >= 4 is 28.7 Å². The van der Waals surface area contributed by atoms with E-state index in [1.165, 1.54) is 29.6 Å². The van der Waals surface area contributed by atoms with Crippen molar-refractivity contribution in [3.05, 3.63) is 83.1 Å². The Labute approximate surface area is 191 Å². The molecule has 0 atom stereocenters. The van der Waals surface area contributed by atoms with Gasteiger partial charge in [0.25, 0.3) is 5.91 Å². The number of hydrogen-bond donors (Lipinski definition) is 1. The van der Waals surface area contributed by atoms with Crippen LogP contribution in [-0.2, 0) is 13.1 Å². The predicted octanol–water partition coefficient (Wildman–Crippen LogP) is 3.22. The summed E-state index contributed by atoms with van der Waals surface area (Å²) in [6, 6.07) is 5.46. The van der Waals surface area contributed by atoms with Gasteiger partial charge in [-0.25, -0.2) is 23.9 Å². The van der Waals surface area contributed by atoms with Crippen LogP contribution in [0.2, 0.25) is 5.02 Å². The zero-order valence-electron chi connectivity index (χ0n) is 17.3. The lowest BCUT2D eigenvalue weighted by Gasteiger charge is -2.03. The maximum atomic E-state index is 14.4. The van der Waals surface area contributed by atoms with Gasteiger partial charge in [0.05, 0.1) is 54.0 Å². The van der Waals surface area contributed by atoms with Gasteiger partial charge >= 0.3 is 0 Å². The number of amides is 1. The van der Waals surface area contributed by atoms with E-state index in [-0.39, 0.29) is 28.7 Å². The molecule has 9 nitrogen and oxygen atoms in total. The SMILES string of the molecule is O=C(NCc1ncn2ccc(Cl)c(F)c12)c1cn(Cc2cn3nc(C4CC4)ccc3n2)cn1. The molecule has 1 N–H and O–H groups in total. The van der Waals surface area contributed by atoms with E-state index in [0.717, 1.165) is 17.0 Å². The van der Waals surface area contributed by atoms with Gasteiger partial charge in [0.15, 0.2) is 11.5 Å². The van der Waals surface area contributed by atoms with E-state index >= 15 is 0 Å². The number of rotatable bonds is 6. The van der Waals surface area contributed by atoms with E-state index in [4.69, 9.17) is 11.6 Å². The molecule has 0 aliphatic heterocycles. The highest BCUT2D eigenvalue weighted by molar-refractivity contribution is 6.31. The quantitative estimate of drug-likeness (QED) is 0.416. The van der Waals surface area contributed by atoms with Crippen LogP contribution in [-0.4, -0.2) is 39.4 Å². The van der Waals surface area contributed by atoms with Crippen molar-refractivity contribution < 1.29 is 9.18 Å². The summed E-state index contributed by atoms with van der Waals surface area (Å²) in [5, 5.41) is 7.37. The average molecular weight is 465 g/mol. The fourth-order valence-electron chi connectivity index (χ4n) is 3.84. The molecular weight excluding hydrogens is 447 g/mol. The molecule has 1 fully saturated rings. The first kappa shape index (κ1) is 19.9. The summed E-state index contributed by atoms with van der Waals surface area (Å²) in [5.41, 5.74) is 3.56. The van der Waals surface area contributed by atoms with Gasteiger partial charge in [-0.3, -0.25) is 4.79 Å². The Morgan fingerprint density at radius 3 is 2.91 bits per heavy atom. The van der Waals surface area contributed by atoms with Crippen molar-refractivity contribution in [2.45, 2.75) is 31.8 Å². The molecule has 0 spiro atoms. The van der Waals surface area contributed by atoms with Gasteiger partial charge < -0.3 is 14.3 Å². The van der Waals surface area contributed by atoms with E-state index < -0.39 is 5.82 Å². The normalized spacial score (nSPS) is 13.8. The number of halogens is 2. The number of pyridine rings is 1. The van der Waals surface area contributed by atoms with Crippen LogP contribution in [0.15, 0.2) is 49.4 Å². The molecule has 0 saturated heterocycles. The first-order valence-electron chi connectivity index (χ1n) is 10.5. The van der Waals surface area contributed by atoms with Crippen molar-refractivity contribution in [3.8, 4) is 0 Å². The fourth-order valence-corrected chi connectivity index (χ4v) is 3.98. The first-order chi connectivity index (χ1) is 16.0. The van der Waals surface area contributed by atoms with Gasteiger partial charge in [-0.05, 0) is 31.0 Å². The Morgan fingerprint density at radius 1 is 1.18 bits per heavy atom. The van der Waals surface area contributed by atoms with Gasteiger partial charge in [-0.2, -0.15) is 5.10 Å². The molecule has 11 heteroatoms. The van der Waals surface area contributed by atoms with Crippen LogP contribution in [0.25, 0.3) is 11.2 Å². The van der Waals surface area contributed by atoms with Crippen LogP contribution in [0.4, 0.5) is 4.39 Å². The zero-order chi connectivity index (χ0) is 22.5. The summed E-state index contributed by atoms with van der Waals surface area (Å²) >= 11 is 5.87. The molecule has 5 heterocycles. The second kappa shape index (κ2) is 7.66. The summed E-state index contributed by atoms with van der Waals surface area (Å²) in [5.74, 6) is -0.386. The summed E-state index contributed by atoms with van der Waals surface area (Å²) in [6.07, 6.45) is 10.6. The Morgan fingerprint density at radius 2 is 2.06 bits per heavy atom. The molecule has 6 rings (SSSR count). The highest BCUT2D eigenvalue weighted by Crippen LogP contribution is 2.38. The third-order valence-electron chi connectivity index (χ3n) is 5.68. The summed E-state index contributed by atoms with van der Waals surface area (Å²) in [7, 11) is 0. The monoisotopic (exact) mass is 464 g/mol. The van der Waals surface area contributed by atoms with Crippen molar-refractivity contribution in [2.24, 2.45) is 0 Å². The second-order valence-corrected chi connectivity index (χ2v) is 8.51.